The van der Waals surface area contributed by atoms with E-state index in [4.69, 9.17) is 10.2 Å². The van der Waals surface area contributed by atoms with Crippen molar-refractivity contribution in [3.63, 3.8) is 0 Å². The summed E-state index contributed by atoms with van der Waals surface area (Å²) in [6, 6.07) is 2.92. The maximum absolute atomic E-state index is 6.04. The van der Waals surface area contributed by atoms with Gasteiger partial charge in [0.1, 0.15) is 5.76 Å². The molecule has 4 nitrogen and oxygen atoms in total. The predicted octanol–water partition coefficient (Wildman–Crippen LogP) is 2.97. The zero-order chi connectivity index (χ0) is 14.1. The third-order valence-electron chi connectivity index (χ3n) is 4.49. The van der Waals surface area contributed by atoms with E-state index in [1.165, 1.54) is 32.4 Å². The maximum atomic E-state index is 6.04. The highest BCUT2D eigenvalue weighted by molar-refractivity contribution is 9.13. The molecule has 0 aliphatic carbocycles. The second-order valence-electron chi connectivity index (χ2n) is 5.70. The maximum Gasteiger partial charge on any atom is 0.183 e. The molecular weight excluding hydrogens is 386 g/mol. The van der Waals surface area contributed by atoms with Crippen LogP contribution in [0.5, 0.6) is 0 Å². The lowest BCUT2D eigenvalue weighted by atomic mass is 10.1. The Hall–Kier alpha value is 0.120. The Bertz CT molecular complexity index is 446. The average Bonchev–Trinajstić information content (AvgIpc) is 2.93. The molecule has 0 spiro atoms. The number of furan rings is 1. The minimum absolute atomic E-state index is 0.179. The lowest BCUT2D eigenvalue weighted by Crippen LogP contribution is -2.40. The summed E-state index contributed by atoms with van der Waals surface area (Å²) in [6.45, 7) is 5.30. The fourth-order valence-corrected chi connectivity index (χ4v) is 4.10. The zero-order valence-corrected chi connectivity index (χ0v) is 14.7. The molecule has 0 aromatic carbocycles. The molecule has 0 amide bonds. The fraction of sp³-hybridized carbons (Fsp3) is 0.714. The molecule has 0 bridgehead atoms. The summed E-state index contributed by atoms with van der Waals surface area (Å²) in [5, 5.41) is 0. The van der Waals surface area contributed by atoms with Gasteiger partial charge in [-0.05, 0) is 70.3 Å². The van der Waals surface area contributed by atoms with E-state index >= 15 is 0 Å². The van der Waals surface area contributed by atoms with Crippen LogP contribution in [0.4, 0.5) is 0 Å². The first-order valence-electron chi connectivity index (χ1n) is 7.32. The molecule has 2 aliphatic heterocycles. The molecular formula is C14H21Br2N3O. The van der Waals surface area contributed by atoms with Crippen LogP contribution in [-0.2, 0) is 0 Å². The van der Waals surface area contributed by atoms with Gasteiger partial charge in [-0.15, -0.1) is 0 Å². The summed E-state index contributed by atoms with van der Waals surface area (Å²) in [5.41, 5.74) is 6.04. The third-order valence-corrected chi connectivity index (χ3v) is 6.20. The highest BCUT2D eigenvalue weighted by Crippen LogP contribution is 2.33. The standard InChI is InChI=1S/C14H21Br2N3O/c15-11-7-13(20-14(11)16)12(8-17)19-6-2-5-18-4-1-3-10(18)9-19/h7,10,12H,1-6,8-9,17H2. The number of nitrogens with two attached hydrogens (primary N) is 1. The molecule has 2 unspecified atom stereocenters. The average molecular weight is 407 g/mol. The summed E-state index contributed by atoms with van der Waals surface area (Å²) in [7, 11) is 0. The minimum atomic E-state index is 0.179. The van der Waals surface area contributed by atoms with Crippen LogP contribution in [0.25, 0.3) is 0 Å². The van der Waals surface area contributed by atoms with Crippen LogP contribution in [0.15, 0.2) is 19.6 Å². The molecule has 1 aromatic rings. The first kappa shape index (κ1) is 15.0. The van der Waals surface area contributed by atoms with E-state index in [0.29, 0.717) is 12.6 Å². The first-order valence-corrected chi connectivity index (χ1v) is 8.90. The van der Waals surface area contributed by atoms with Crippen molar-refractivity contribution in [3.05, 3.63) is 21.0 Å². The van der Waals surface area contributed by atoms with Gasteiger partial charge in [0.25, 0.3) is 0 Å². The van der Waals surface area contributed by atoms with Gasteiger partial charge >= 0.3 is 0 Å². The number of fused-ring (bicyclic) bond motifs is 1. The summed E-state index contributed by atoms with van der Waals surface area (Å²) in [5.74, 6) is 0.956. The van der Waals surface area contributed by atoms with Gasteiger partial charge in [-0.1, -0.05) is 0 Å². The number of nitrogens with zero attached hydrogens (tertiary/aromatic N) is 2. The largest absolute Gasteiger partial charge is 0.451 e. The Balaban J connectivity index is 1.77. The molecule has 2 N–H and O–H groups in total. The topological polar surface area (TPSA) is 45.6 Å². The number of hydrogen-bond donors (Lipinski definition) is 1. The Morgan fingerprint density at radius 3 is 2.80 bits per heavy atom. The molecule has 3 heterocycles. The number of hydrogen-bond acceptors (Lipinski definition) is 4. The van der Waals surface area contributed by atoms with E-state index in [1.807, 2.05) is 6.07 Å². The van der Waals surface area contributed by atoms with Gasteiger partial charge in [-0.2, -0.15) is 0 Å². The van der Waals surface area contributed by atoms with Gasteiger partial charge in [0.15, 0.2) is 4.67 Å². The van der Waals surface area contributed by atoms with E-state index in [9.17, 15) is 0 Å². The Labute approximate surface area is 136 Å². The second kappa shape index (κ2) is 6.48. The van der Waals surface area contributed by atoms with Crippen LogP contribution >= 0.6 is 31.9 Å². The van der Waals surface area contributed by atoms with E-state index < -0.39 is 0 Å². The molecule has 112 valence electrons. The SMILES string of the molecule is NCC(c1cc(Br)c(Br)o1)N1CCCN2CCCC2C1. The molecule has 6 heteroatoms. The van der Waals surface area contributed by atoms with Crippen molar-refractivity contribution >= 4 is 31.9 Å². The smallest absolute Gasteiger partial charge is 0.183 e. The van der Waals surface area contributed by atoms with Gasteiger partial charge in [0.05, 0.1) is 10.5 Å². The fourth-order valence-electron chi connectivity index (χ4n) is 3.49. The lowest BCUT2D eigenvalue weighted by molar-refractivity contribution is 0.159. The molecule has 1 aromatic heterocycles. The van der Waals surface area contributed by atoms with Crippen LogP contribution in [0, 0.1) is 0 Å². The summed E-state index contributed by atoms with van der Waals surface area (Å²) in [6.07, 6.45) is 3.87. The number of halogens is 2. The minimum Gasteiger partial charge on any atom is -0.451 e. The summed E-state index contributed by atoms with van der Waals surface area (Å²) >= 11 is 6.91. The van der Waals surface area contributed by atoms with Crippen molar-refractivity contribution in [1.29, 1.82) is 0 Å². The monoisotopic (exact) mass is 405 g/mol. The summed E-state index contributed by atoms with van der Waals surface area (Å²) in [4.78, 5) is 5.15. The van der Waals surface area contributed by atoms with Crippen molar-refractivity contribution in [3.8, 4) is 0 Å². The Morgan fingerprint density at radius 1 is 1.30 bits per heavy atom. The first-order chi connectivity index (χ1) is 9.69. The van der Waals surface area contributed by atoms with Gasteiger partial charge in [-0.3, -0.25) is 9.80 Å². The van der Waals surface area contributed by atoms with E-state index in [1.54, 1.807) is 0 Å². The van der Waals surface area contributed by atoms with Crippen molar-refractivity contribution in [1.82, 2.24) is 9.80 Å². The molecule has 3 rings (SSSR count). The predicted molar refractivity (Wildman–Crippen MR) is 86.7 cm³/mol. The molecule has 20 heavy (non-hydrogen) atoms. The lowest BCUT2D eigenvalue weighted by Gasteiger charge is -2.30. The van der Waals surface area contributed by atoms with Crippen LogP contribution in [0.2, 0.25) is 0 Å². The second-order valence-corrected chi connectivity index (χ2v) is 7.28. The van der Waals surface area contributed by atoms with Crippen molar-refractivity contribution < 1.29 is 4.42 Å². The highest BCUT2D eigenvalue weighted by Gasteiger charge is 2.32. The van der Waals surface area contributed by atoms with Crippen LogP contribution in [-0.4, -0.2) is 48.6 Å². The van der Waals surface area contributed by atoms with Gasteiger partial charge in [0, 0.05) is 25.7 Å². The van der Waals surface area contributed by atoms with Gasteiger partial charge < -0.3 is 10.2 Å². The Kier molecular flexibility index (Phi) is 4.87. The molecule has 2 aliphatic rings. The summed E-state index contributed by atoms with van der Waals surface area (Å²) < 4.78 is 7.52. The van der Waals surface area contributed by atoms with Gasteiger partial charge in [0.2, 0.25) is 0 Å². The quantitative estimate of drug-likeness (QED) is 0.837. The number of rotatable bonds is 3. The van der Waals surface area contributed by atoms with Crippen LogP contribution in [0.3, 0.4) is 0 Å². The molecule has 2 atom stereocenters. The van der Waals surface area contributed by atoms with Gasteiger partial charge in [-0.25, -0.2) is 0 Å². The Morgan fingerprint density at radius 2 is 2.10 bits per heavy atom. The van der Waals surface area contributed by atoms with Crippen molar-refractivity contribution in [2.24, 2.45) is 5.73 Å². The van der Waals surface area contributed by atoms with Crippen LogP contribution in [0.1, 0.15) is 31.1 Å². The van der Waals surface area contributed by atoms with Crippen molar-refractivity contribution in [2.45, 2.75) is 31.3 Å². The normalized spacial score (nSPS) is 26.4. The molecule has 2 saturated heterocycles. The van der Waals surface area contributed by atoms with E-state index in [2.05, 4.69) is 41.7 Å². The zero-order valence-electron chi connectivity index (χ0n) is 11.5. The molecule has 0 saturated carbocycles. The molecule has 2 fully saturated rings. The highest BCUT2D eigenvalue weighted by atomic mass is 79.9. The van der Waals surface area contributed by atoms with Crippen molar-refractivity contribution in [2.75, 3.05) is 32.7 Å². The van der Waals surface area contributed by atoms with E-state index in [-0.39, 0.29) is 6.04 Å². The van der Waals surface area contributed by atoms with E-state index in [0.717, 1.165) is 28.0 Å². The molecule has 0 radical (unpaired) electrons. The third kappa shape index (κ3) is 2.99. The van der Waals surface area contributed by atoms with Crippen LogP contribution < -0.4 is 5.73 Å².